The number of nitrogens with zero attached hydrogens (tertiary/aromatic N) is 1. The molecular formula is C15H25N3O2. The van der Waals surface area contributed by atoms with Gasteiger partial charge in [0.05, 0.1) is 6.10 Å². The van der Waals surface area contributed by atoms with Gasteiger partial charge >= 0.3 is 0 Å². The number of hydrogen-bond donors (Lipinski definition) is 3. The lowest BCUT2D eigenvalue weighted by atomic mass is 10.1. The van der Waals surface area contributed by atoms with E-state index in [1.54, 1.807) is 0 Å². The lowest BCUT2D eigenvalue weighted by molar-refractivity contribution is 0.0897. The topological polar surface area (TPSA) is 66.3 Å². The first kappa shape index (κ1) is 15.1. The van der Waals surface area contributed by atoms with Gasteiger partial charge in [-0.15, -0.1) is 0 Å². The second-order valence-electron chi connectivity index (χ2n) is 5.43. The van der Waals surface area contributed by atoms with E-state index in [2.05, 4.69) is 15.2 Å². The van der Waals surface area contributed by atoms with Crippen LogP contribution in [0, 0.1) is 0 Å². The van der Waals surface area contributed by atoms with E-state index in [0.29, 0.717) is 18.3 Å². The quantitative estimate of drug-likeness (QED) is 0.735. The average molecular weight is 279 g/mol. The Kier molecular flexibility index (Phi) is 5.61. The van der Waals surface area contributed by atoms with Gasteiger partial charge in [-0.25, -0.2) is 0 Å². The highest BCUT2D eigenvalue weighted by atomic mass is 16.3. The van der Waals surface area contributed by atoms with Crippen LogP contribution in [0.5, 0.6) is 0 Å². The summed E-state index contributed by atoms with van der Waals surface area (Å²) in [6.45, 7) is 4.34. The highest BCUT2D eigenvalue weighted by molar-refractivity contribution is 5.92. The summed E-state index contributed by atoms with van der Waals surface area (Å²) in [6, 6.07) is 4.16. The summed E-state index contributed by atoms with van der Waals surface area (Å²) < 4.78 is 2.07. The summed E-state index contributed by atoms with van der Waals surface area (Å²) >= 11 is 0. The molecule has 2 rings (SSSR count). The number of aliphatic hydroxyl groups excluding tert-OH is 1. The standard InChI is InChI=1S/C15H25N3O2/c1-2-4-13(19)11-17-15(20)14-5-3-10-18(14)12-6-8-16-9-7-12/h3,5,10,12-13,16,19H,2,4,6-9,11H2,1H3,(H,17,20). The van der Waals surface area contributed by atoms with Crippen LogP contribution in [0.1, 0.15) is 49.1 Å². The predicted octanol–water partition coefficient (Wildman–Crippen LogP) is 1.30. The molecule has 1 aliphatic rings. The molecule has 5 nitrogen and oxygen atoms in total. The Hall–Kier alpha value is -1.33. The highest BCUT2D eigenvalue weighted by Gasteiger charge is 2.20. The molecule has 1 amide bonds. The minimum Gasteiger partial charge on any atom is -0.391 e. The second kappa shape index (κ2) is 7.45. The Labute approximate surface area is 120 Å². The molecule has 1 unspecified atom stereocenters. The average Bonchev–Trinajstić information content (AvgIpc) is 2.95. The monoisotopic (exact) mass is 279 g/mol. The minimum absolute atomic E-state index is 0.0938. The molecule has 0 radical (unpaired) electrons. The molecular weight excluding hydrogens is 254 g/mol. The van der Waals surface area contributed by atoms with Crippen molar-refractivity contribution in [3.8, 4) is 0 Å². The molecule has 0 saturated carbocycles. The van der Waals surface area contributed by atoms with E-state index < -0.39 is 6.10 Å². The van der Waals surface area contributed by atoms with E-state index in [4.69, 9.17) is 0 Å². The number of aliphatic hydroxyl groups is 1. The maximum Gasteiger partial charge on any atom is 0.268 e. The predicted molar refractivity (Wildman–Crippen MR) is 78.8 cm³/mol. The van der Waals surface area contributed by atoms with Crippen LogP contribution in [-0.4, -0.2) is 41.3 Å². The van der Waals surface area contributed by atoms with Crippen molar-refractivity contribution >= 4 is 5.91 Å². The molecule has 0 spiro atoms. The second-order valence-corrected chi connectivity index (χ2v) is 5.43. The van der Waals surface area contributed by atoms with Crippen molar-refractivity contribution in [2.75, 3.05) is 19.6 Å². The summed E-state index contributed by atoms with van der Waals surface area (Å²) in [5, 5.41) is 15.8. The third kappa shape index (κ3) is 3.84. The summed E-state index contributed by atoms with van der Waals surface area (Å²) in [5.41, 5.74) is 0.695. The summed E-state index contributed by atoms with van der Waals surface area (Å²) in [5.74, 6) is -0.0938. The fraction of sp³-hybridized carbons (Fsp3) is 0.667. The van der Waals surface area contributed by atoms with E-state index >= 15 is 0 Å². The number of piperidine rings is 1. The number of carbonyl (C=O) groups excluding carboxylic acids is 1. The van der Waals surface area contributed by atoms with E-state index in [0.717, 1.165) is 38.8 Å². The molecule has 0 aromatic carbocycles. The van der Waals surface area contributed by atoms with Crippen LogP contribution in [0.2, 0.25) is 0 Å². The number of hydrogen-bond acceptors (Lipinski definition) is 3. The number of aromatic nitrogens is 1. The number of amides is 1. The van der Waals surface area contributed by atoms with Crippen molar-refractivity contribution in [2.45, 2.75) is 44.8 Å². The molecule has 1 saturated heterocycles. The molecule has 1 aromatic heterocycles. The van der Waals surface area contributed by atoms with Gasteiger partial charge < -0.3 is 20.3 Å². The van der Waals surface area contributed by atoms with Gasteiger partial charge in [-0.05, 0) is 44.5 Å². The molecule has 0 bridgehead atoms. The van der Waals surface area contributed by atoms with Crippen LogP contribution in [-0.2, 0) is 0 Å². The number of carbonyl (C=O) groups is 1. The Bertz CT molecular complexity index is 425. The first-order valence-electron chi connectivity index (χ1n) is 7.56. The van der Waals surface area contributed by atoms with Gasteiger partial charge in [0.15, 0.2) is 0 Å². The Morgan fingerprint density at radius 1 is 1.55 bits per heavy atom. The molecule has 5 heteroatoms. The Balaban J connectivity index is 1.94. The maximum absolute atomic E-state index is 12.2. The summed E-state index contributed by atoms with van der Waals surface area (Å²) in [7, 11) is 0. The van der Waals surface area contributed by atoms with Crippen LogP contribution in [0.4, 0.5) is 0 Å². The zero-order chi connectivity index (χ0) is 14.4. The van der Waals surface area contributed by atoms with Crippen molar-refractivity contribution in [3.05, 3.63) is 24.0 Å². The lowest BCUT2D eigenvalue weighted by Crippen LogP contribution is -2.35. The zero-order valence-corrected chi connectivity index (χ0v) is 12.1. The van der Waals surface area contributed by atoms with Gasteiger partial charge in [0.25, 0.3) is 5.91 Å². The largest absolute Gasteiger partial charge is 0.391 e. The Morgan fingerprint density at radius 3 is 3.00 bits per heavy atom. The number of rotatable bonds is 6. The SMILES string of the molecule is CCCC(O)CNC(=O)c1cccn1C1CCNCC1. The molecule has 1 fully saturated rings. The smallest absolute Gasteiger partial charge is 0.268 e. The first-order chi connectivity index (χ1) is 9.72. The van der Waals surface area contributed by atoms with Crippen LogP contribution >= 0.6 is 0 Å². The van der Waals surface area contributed by atoms with E-state index in [9.17, 15) is 9.90 Å². The summed E-state index contributed by atoms with van der Waals surface area (Å²) in [6.07, 6.45) is 5.26. The lowest BCUT2D eigenvalue weighted by Gasteiger charge is -2.26. The van der Waals surface area contributed by atoms with Gasteiger partial charge in [0, 0.05) is 18.8 Å². The van der Waals surface area contributed by atoms with Crippen molar-refractivity contribution in [3.63, 3.8) is 0 Å². The maximum atomic E-state index is 12.2. The fourth-order valence-electron chi connectivity index (χ4n) is 2.73. The summed E-state index contributed by atoms with van der Waals surface area (Å²) in [4.78, 5) is 12.2. The molecule has 0 aliphatic carbocycles. The fourth-order valence-corrected chi connectivity index (χ4v) is 2.73. The normalized spacial score (nSPS) is 17.9. The van der Waals surface area contributed by atoms with Crippen LogP contribution in [0.15, 0.2) is 18.3 Å². The highest BCUT2D eigenvalue weighted by Crippen LogP contribution is 2.21. The van der Waals surface area contributed by atoms with E-state index in [-0.39, 0.29) is 5.91 Å². The van der Waals surface area contributed by atoms with E-state index in [1.165, 1.54) is 0 Å². The molecule has 1 aliphatic heterocycles. The van der Waals surface area contributed by atoms with Crippen molar-refractivity contribution < 1.29 is 9.90 Å². The molecule has 2 heterocycles. The van der Waals surface area contributed by atoms with Gasteiger partial charge in [0.2, 0.25) is 0 Å². The zero-order valence-electron chi connectivity index (χ0n) is 12.1. The first-order valence-corrected chi connectivity index (χ1v) is 7.56. The third-order valence-corrected chi connectivity index (χ3v) is 3.83. The van der Waals surface area contributed by atoms with E-state index in [1.807, 2.05) is 25.3 Å². The molecule has 20 heavy (non-hydrogen) atoms. The molecule has 1 aromatic rings. The molecule has 1 atom stereocenters. The molecule has 112 valence electrons. The van der Waals surface area contributed by atoms with Crippen molar-refractivity contribution in [1.82, 2.24) is 15.2 Å². The van der Waals surface area contributed by atoms with Crippen LogP contribution < -0.4 is 10.6 Å². The third-order valence-electron chi connectivity index (χ3n) is 3.83. The van der Waals surface area contributed by atoms with Crippen molar-refractivity contribution in [2.24, 2.45) is 0 Å². The number of nitrogens with one attached hydrogen (secondary N) is 2. The minimum atomic E-state index is -0.453. The van der Waals surface area contributed by atoms with Crippen molar-refractivity contribution in [1.29, 1.82) is 0 Å². The van der Waals surface area contributed by atoms with Crippen LogP contribution in [0.25, 0.3) is 0 Å². The van der Waals surface area contributed by atoms with Gasteiger partial charge in [0.1, 0.15) is 5.69 Å². The Morgan fingerprint density at radius 2 is 2.30 bits per heavy atom. The van der Waals surface area contributed by atoms with Gasteiger partial charge in [-0.1, -0.05) is 13.3 Å². The van der Waals surface area contributed by atoms with Gasteiger partial charge in [-0.2, -0.15) is 0 Å². The van der Waals surface area contributed by atoms with Crippen LogP contribution in [0.3, 0.4) is 0 Å². The van der Waals surface area contributed by atoms with Gasteiger partial charge in [-0.3, -0.25) is 4.79 Å². The molecule has 3 N–H and O–H groups in total.